The Kier molecular flexibility index (Phi) is 4.82. The van der Waals surface area contributed by atoms with Crippen LogP contribution in [0.3, 0.4) is 0 Å². The Morgan fingerprint density at radius 1 is 1.06 bits per heavy atom. The van der Waals surface area contributed by atoms with Gasteiger partial charge >= 0.3 is 0 Å². The van der Waals surface area contributed by atoms with Gasteiger partial charge in [0.15, 0.2) is 0 Å². The van der Waals surface area contributed by atoms with E-state index in [0.717, 1.165) is 6.54 Å². The van der Waals surface area contributed by atoms with Gasteiger partial charge in [-0.2, -0.15) is 0 Å². The lowest BCUT2D eigenvalue weighted by molar-refractivity contribution is 0.577. The van der Waals surface area contributed by atoms with Crippen LogP contribution in [0.2, 0.25) is 0 Å². The van der Waals surface area contributed by atoms with Crippen molar-refractivity contribution in [2.24, 2.45) is 5.73 Å². The molecule has 0 spiro atoms. The van der Waals surface area contributed by atoms with Crippen molar-refractivity contribution in [3.05, 3.63) is 36.0 Å². The van der Waals surface area contributed by atoms with Gasteiger partial charge < -0.3 is 10.3 Å². The maximum atomic E-state index is 5.67. The summed E-state index contributed by atoms with van der Waals surface area (Å²) in [4.78, 5) is 0. The third-order valence-electron chi connectivity index (χ3n) is 3.57. The molecule has 1 aromatic heterocycles. The molecule has 2 aromatic rings. The Balaban J connectivity index is 1.97. The fourth-order valence-corrected chi connectivity index (χ4v) is 2.46. The van der Waals surface area contributed by atoms with Gasteiger partial charge in [-0.05, 0) is 35.6 Å². The number of aryl methyl sites for hydroxylation is 1. The average Bonchev–Trinajstić information content (AvgIpc) is 2.81. The molecule has 0 unspecified atom stereocenters. The number of aromatic nitrogens is 1. The highest BCUT2D eigenvalue weighted by Crippen LogP contribution is 2.18. The van der Waals surface area contributed by atoms with Crippen LogP contribution < -0.4 is 5.73 Å². The summed E-state index contributed by atoms with van der Waals surface area (Å²) < 4.78 is 2.36. The van der Waals surface area contributed by atoms with Crippen molar-refractivity contribution >= 4 is 10.9 Å². The van der Waals surface area contributed by atoms with Crippen LogP contribution in [0.15, 0.2) is 30.5 Å². The molecule has 0 saturated carbocycles. The molecule has 98 valence electrons. The number of hydrogen-bond donors (Lipinski definition) is 1. The molecule has 2 nitrogen and oxygen atoms in total. The molecular weight excluding hydrogens is 220 g/mol. The third-order valence-corrected chi connectivity index (χ3v) is 3.57. The second kappa shape index (κ2) is 6.60. The van der Waals surface area contributed by atoms with Gasteiger partial charge in [0.2, 0.25) is 0 Å². The topological polar surface area (TPSA) is 30.9 Å². The van der Waals surface area contributed by atoms with Gasteiger partial charge in [0.05, 0.1) is 0 Å². The Morgan fingerprint density at radius 3 is 2.67 bits per heavy atom. The first kappa shape index (κ1) is 13.2. The van der Waals surface area contributed by atoms with Crippen molar-refractivity contribution in [2.75, 3.05) is 0 Å². The van der Waals surface area contributed by atoms with Crippen LogP contribution >= 0.6 is 0 Å². The number of unbranched alkanes of at least 4 members (excludes halogenated alkanes) is 4. The van der Waals surface area contributed by atoms with Crippen LogP contribution in [0.5, 0.6) is 0 Å². The minimum atomic E-state index is 0.623. The number of hydrogen-bond acceptors (Lipinski definition) is 1. The molecule has 0 bridgehead atoms. The van der Waals surface area contributed by atoms with E-state index in [1.54, 1.807) is 0 Å². The molecule has 1 aromatic carbocycles. The van der Waals surface area contributed by atoms with Crippen LogP contribution in [0.4, 0.5) is 0 Å². The highest BCUT2D eigenvalue weighted by atomic mass is 14.9. The van der Waals surface area contributed by atoms with E-state index in [9.17, 15) is 0 Å². The zero-order valence-electron chi connectivity index (χ0n) is 11.4. The van der Waals surface area contributed by atoms with E-state index < -0.39 is 0 Å². The second-order valence-electron chi connectivity index (χ2n) is 5.02. The Hall–Kier alpha value is -1.28. The number of nitrogens with zero attached hydrogens (tertiary/aromatic N) is 1. The molecule has 0 saturated heterocycles. The maximum Gasteiger partial charge on any atom is 0.0480 e. The molecule has 0 aliphatic carbocycles. The number of fused-ring (bicyclic) bond motifs is 1. The summed E-state index contributed by atoms with van der Waals surface area (Å²) in [5.41, 5.74) is 8.21. The fraction of sp³-hybridized carbons (Fsp3) is 0.500. The van der Waals surface area contributed by atoms with Crippen molar-refractivity contribution < 1.29 is 0 Å². The van der Waals surface area contributed by atoms with Crippen molar-refractivity contribution in [1.29, 1.82) is 0 Å². The highest BCUT2D eigenvalue weighted by Gasteiger charge is 2.01. The molecule has 0 atom stereocenters. The molecule has 0 amide bonds. The lowest BCUT2D eigenvalue weighted by atomic mass is 10.1. The summed E-state index contributed by atoms with van der Waals surface area (Å²) in [6.07, 6.45) is 8.87. The predicted octanol–water partition coefficient (Wildman–Crippen LogP) is 4.07. The molecule has 0 radical (unpaired) electrons. The molecule has 2 N–H and O–H groups in total. The normalized spacial score (nSPS) is 11.2. The summed E-state index contributed by atoms with van der Waals surface area (Å²) in [7, 11) is 0. The van der Waals surface area contributed by atoms with Crippen LogP contribution in [-0.4, -0.2) is 4.57 Å². The average molecular weight is 244 g/mol. The predicted molar refractivity (Wildman–Crippen MR) is 78.6 cm³/mol. The van der Waals surface area contributed by atoms with Gasteiger partial charge in [-0.15, -0.1) is 0 Å². The lowest BCUT2D eigenvalue weighted by Gasteiger charge is -2.06. The zero-order chi connectivity index (χ0) is 12.8. The summed E-state index contributed by atoms with van der Waals surface area (Å²) >= 11 is 0. The van der Waals surface area contributed by atoms with E-state index >= 15 is 0 Å². The van der Waals surface area contributed by atoms with E-state index in [0.29, 0.717) is 6.54 Å². The highest BCUT2D eigenvalue weighted by molar-refractivity contribution is 5.80. The van der Waals surface area contributed by atoms with E-state index in [1.165, 1.54) is 48.6 Å². The molecule has 2 heteroatoms. The molecule has 2 rings (SSSR count). The summed E-state index contributed by atoms with van der Waals surface area (Å²) in [5.74, 6) is 0. The standard InChI is InChI=1S/C16H24N2/c1-2-3-4-5-6-10-18-11-9-15-12-14(13-17)7-8-16(15)18/h7-9,11-12H,2-6,10,13,17H2,1H3. The van der Waals surface area contributed by atoms with Gasteiger partial charge in [-0.1, -0.05) is 38.7 Å². The van der Waals surface area contributed by atoms with E-state index in [1.807, 2.05) is 0 Å². The first-order chi connectivity index (χ1) is 8.85. The Labute approximate surface area is 110 Å². The van der Waals surface area contributed by atoms with Crippen LogP contribution in [0.25, 0.3) is 10.9 Å². The zero-order valence-corrected chi connectivity index (χ0v) is 11.4. The van der Waals surface area contributed by atoms with E-state index in [4.69, 9.17) is 5.73 Å². The third kappa shape index (κ3) is 3.14. The number of nitrogens with two attached hydrogens (primary N) is 1. The number of benzene rings is 1. The van der Waals surface area contributed by atoms with Crippen molar-refractivity contribution in [3.63, 3.8) is 0 Å². The van der Waals surface area contributed by atoms with Gasteiger partial charge in [0, 0.05) is 24.8 Å². The molecule has 18 heavy (non-hydrogen) atoms. The first-order valence-corrected chi connectivity index (χ1v) is 7.13. The first-order valence-electron chi connectivity index (χ1n) is 7.13. The monoisotopic (exact) mass is 244 g/mol. The molecule has 0 fully saturated rings. The van der Waals surface area contributed by atoms with Gasteiger partial charge in [0.1, 0.15) is 0 Å². The van der Waals surface area contributed by atoms with Gasteiger partial charge in [0.25, 0.3) is 0 Å². The smallest absolute Gasteiger partial charge is 0.0480 e. The summed E-state index contributed by atoms with van der Waals surface area (Å²) in [6.45, 7) is 4.02. The SMILES string of the molecule is CCCCCCCn1ccc2cc(CN)ccc21. The van der Waals surface area contributed by atoms with E-state index in [-0.39, 0.29) is 0 Å². The van der Waals surface area contributed by atoms with Crippen LogP contribution in [0.1, 0.15) is 44.6 Å². The largest absolute Gasteiger partial charge is 0.347 e. The van der Waals surface area contributed by atoms with Crippen LogP contribution in [-0.2, 0) is 13.1 Å². The van der Waals surface area contributed by atoms with Crippen LogP contribution in [0, 0.1) is 0 Å². The molecule has 1 heterocycles. The van der Waals surface area contributed by atoms with Gasteiger partial charge in [-0.3, -0.25) is 0 Å². The fourth-order valence-electron chi connectivity index (χ4n) is 2.46. The maximum absolute atomic E-state index is 5.67. The van der Waals surface area contributed by atoms with Gasteiger partial charge in [-0.25, -0.2) is 0 Å². The summed E-state index contributed by atoms with van der Waals surface area (Å²) in [5, 5.41) is 1.31. The Bertz CT molecular complexity index is 485. The second-order valence-corrected chi connectivity index (χ2v) is 5.02. The minimum Gasteiger partial charge on any atom is -0.347 e. The van der Waals surface area contributed by atoms with E-state index in [2.05, 4.69) is 42.0 Å². The molecule has 0 aliphatic rings. The summed E-state index contributed by atoms with van der Waals surface area (Å²) in [6, 6.07) is 8.73. The van der Waals surface area contributed by atoms with Crippen molar-refractivity contribution in [3.8, 4) is 0 Å². The van der Waals surface area contributed by atoms with Crippen molar-refractivity contribution in [1.82, 2.24) is 4.57 Å². The quantitative estimate of drug-likeness (QED) is 0.731. The van der Waals surface area contributed by atoms with Crippen molar-refractivity contribution in [2.45, 2.75) is 52.1 Å². The molecule has 0 aliphatic heterocycles. The Morgan fingerprint density at radius 2 is 1.89 bits per heavy atom. The minimum absolute atomic E-state index is 0.623. The lowest BCUT2D eigenvalue weighted by Crippen LogP contribution is -1.98. The molecular formula is C16H24N2. The number of rotatable bonds is 7.